The van der Waals surface area contributed by atoms with E-state index in [0.717, 1.165) is 11.1 Å². The molecule has 0 heterocycles. The van der Waals surface area contributed by atoms with Gasteiger partial charge in [-0.25, -0.2) is 0 Å². The standard InChI is InChI=1S/C20H24N2O5S/c1-14(2)27-18-9-6-16(10-19(18)26-3)11-21-20(23)13-28-12-15-4-7-17(8-5-15)22(24)25/h4-10,14H,11-13H2,1-3H3,(H,21,23). The summed E-state index contributed by atoms with van der Waals surface area (Å²) in [5.41, 5.74) is 1.92. The van der Waals surface area contributed by atoms with Crippen LogP contribution in [-0.2, 0) is 17.1 Å². The largest absolute Gasteiger partial charge is 0.493 e. The van der Waals surface area contributed by atoms with Gasteiger partial charge in [0, 0.05) is 24.4 Å². The molecule has 0 aromatic heterocycles. The number of nitro groups is 1. The van der Waals surface area contributed by atoms with Crippen LogP contribution in [0.4, 0.5) is 5.69 Å². The lowest BCUT2D eigenvalue weighted by Gasteiger charge is -2.14. The summed E-state index contributed by atoms with van der Waals surface area (Å²) in [6, 6.07) is 11.9. The van der Waals surface area contributed by atoms with Gasteiger partial charge in [0.2, 0.25) is 5.91 Å². The minimum absolute atomic E-state index is 0.0484. The summed E-state index contributed by atoms with van der Waals surface area (Å²) in [5.74, 6) is 2.15. The third kappa shape index (κ3) is 6.77. The van der Waals surface area contributed by atoms with Gasteiger partial charge in [-0.05, 0) is 37.1 Å². The Morgan fingerprint density at radius 2 is 1.82 bits per heavy atom. The molecule has 150 valence electrons. The van der Waals surface area contributed by atoms with Crippen LogP contribution in [-0.4, -0.2) is 29.8 Å². The third-order valence-corrected chi connectivity index (χ3v) is 4.73. The Balaban J connectivity index is 1.78. The van der Waals surface area contributed by atoms with Crippen molar-refractivity contribution in [3.05, 3.63) is 63.7 Å². The Morgan fingerprint density at radius 1 is 1.14 bits per heavy atom. The molecule has 8 heteroatoms. The fourth-order valence-electron chi connectivity index (χ4n) is 2.40. The van der Waals surface area contributed by atoms with Gasteiger partial charge in [-0.15, -0.1) is 11.8 Å². The Kier molecular flexibility index (Phi) is 8.13. The minimum atomic E-state index is -0.430. The maximum atomic E-state index is 12.0. The molecule has 0 aliphatic heterocycles. The number of rotatable bonds is 10. The molecule has 0 aliphatic rings. The minimum Gasteiger partial charge on any atom is -0.493 e. The number of amides is 1. The van der Waals surface area contributed by atoms with Gasteiger partial charge in [0.25, 0.3) is 5.69 Å². The van der Waals surface area contributed by atoms with E-state index < -0.39 is 4.92 Å². The van der Waals surface area contributed by atoms with E-state index in [1.165, 1.54) is 23.9 Å². The normalized spacial score (nSPS) is 10.6. The van der Waals surface area contributed by atoms with Crippen LogP contribution in [0.25, 0.3) is 0 Å². The van der Waals surface area contributed by atoms with Crippen LogP contribution >= 0.6 is 11.8 Å². The van der Waals surface area contributed by atoms with Crippen molar-refractivity contribution in [3.8, 4) is 11.5 Å². The van der Waals surface area contributed by atoms with Crippen LogP contribution < -0.4 is 14.8 Å². The number of nitro benzene ring substituents is 1. The second-order valence-corrected chi connectivity index (χ2v) is 7.33. The lowest BCUT2D eigenvalue weighted by molar-refractivity contribution is -0.384. The van der Waals surface area contributed by atoms with E-state index in [1.54, 1.807) is 19.2 Å². The fourth-order valence-corrected chi connectivity index (χ4v) is 3.22. The van der Waals surface area contributed by atoms with Crippen LogP contribution in [0.1, 0.15) is 25.0 Å². The fraction of sp³-hybridized carbons (Fsp3) is 0.350. The van der Waals surface area contributed by atoms with E-state index in [4.69, 9.17) is 9.47 Å². The molecule has 0 saturated carbocycles. The maximum Gasteiger partial charge on any atom is 0.269 e. The van der Waals surface area contributed by atoms with Gasteiger partial charge in [-0.3, -0.25) is 14.9 Å². The van der Waals surface area contributed by atoms with Gasteiger partial charge in [0.15, 0.2) is 11.5 Å². The highest BCUT2D eigenvalue weighted by Crippen LogP contribution is 2.29. The third-order valence-electron chi connectivity index (χ3n) is 3.73. The quantitative estimate of drug-likeness (QED) is 0.476. The second kappa shape index (κ2) is 10.6. The molecule has 7 nitrogen and oxygen atoms in total. The van der Waals surface area contributed by atoms with Crippen molar-refractivity contribution in [1.29, 1.82) is 0 Å². The van der Waals surface area contributed by atoms with Crippen molar-refractivity contribution < 1.29 is 19.2 Å². The van der Waals surface area contributed by atoms with Gasteiger partial charge in [0.05, 0.1) is 23.9 Å². The average Bonchev–Trinajstić information content (AvgIpc) is 2.67. The zero-order valence-corrected chi connectivity index (χ0v) is 17.0. The lowest BCUT2D eigenvalue weighted by atomic mass is 10.2. The van der Waals surface area contributed by atoms with Crippen molar-refractivity contribution in [3.63, 3.8) is 0 Å². The number of ether oxygens (including phenoxy) is 2. The highest BCUT2D eigenvalue weighted by Gasteiger charge is 2.09. The summed E-state index contributed by atoms with van der Waals surface area (Å²) in [6.07, 6.45) is 0.0484. The number of non-ortho nitro benzene ring substituents is 1. The summed E-state index contributed by atoms with van der Waals surface area (Å²) in [6.45, 7) is 4.29. The molecule has 2 aromatic carbocycles. The molecule has 0 unspecified atom stereocenters. The van der Waals surface area contributed by atoms with E-state index in [9.17, 15) is 14.9 Å². The summed E-state index contributed by atoms with van der Waals surface area (Å²) in [5, 5.41) is 13.5. The SMILES string of the molecule is COc1cc(CNC(=O)CSCc2ccc([N+](=O)[O-])cc2)ccc1OC(C)C. The molecule has 0 aliphatic carbocycles. The molecule has 1 N–H and O–H groups in total. The Morgan fingerprint density at radius 3 is 2.43 bits per heavy atom. The highest BCUT2D eigenvalue weighted by molar-refractivity contribution is 7.99. The molecule has 2 rings (SSSR count). The number of carbonyl (C=O) groups excluding carboxylic acids is 1. The lowest BCUT2D eigenvalue weighted by Crippen LogP contribution is -2.24. The summed E-state index contributed by atoms with van der Waals surface area (Å²) in [4.78, 5) is 22.3. The van der Waals surface area contributed by atoms with Crippen molar-refractivity contribution in [2.75, 3.05) is 12.9 Å². The van der Waals surface area contributed by atoms with Crippen LogP contribution in [0, 0.1) is 10.1 Å². The number of nitrogens with one attached hydrogen (secondary N) is 1. The second-order valence-electron chi connectivity index (χ2n) is 6.34. The molecule has 1 amide bonds. The zero-order chi connectivity index (χ0) is 20.5. The molecule has 0 spiro atoms. The van der Waals surface area contributed by atoms with Gasteiger partial charge in [-0.1, -0.05) is 18.2 Å². The van der Waals surface area contributed by atoms with Gasteiger partial charge >= 0.3 is 0 Å². The first-order valence-electron chi connectivity index (χ1n) is 8.80. The number of methoxy groups -OCH3 is 1. The van der Waals surface area contributed by atoms with Crippen molar-refractivity contribution in [1.82, 2.24) is 5.32 Å². The molecule has 0 bridgehead atoms. The van der Waals surface area contributed by atoms with E-state index >= 15 is 0 Å². The van der Waals surface area contributed by atoms with Crippen LogP contribution in [0.15, 0.2) is 42.5 Å². The van der Waals surface area contributed by atoms with Crippen molar-refractivity contribution >= 4 is 23.4 Å². The average molecular weight is 404 g/mol. The maximum absolute atomic E-state index is 12.0. The summed E-state index contributed by atoms with van der Waals surface area (Å²) < 4.78 is 11.0. The molecule has 0 saturated heterocycles. The van der Waals surface area contributed by atoms with Crippen LogP contribution in [0.5, 0.6) is 11.5 Å². The first-order chi connectivity index (χ1) is 13.4. The number of hydrogen-bond acceptors (Lipinski definition) is 6. The highest BCUT2D eigenvalue weighted by atomic mass is 32.2. The number of carbonyl (C=O) groups is 1. The zero-order valence-electron chi connectivity index (χ0n) is 16.1. The first kappa shape index (κ1) is 21.6. The van der Waals surface area contributed by atoms with E-state index in [0.29, 0.717) is 29.5 Å². The molecule has 0 radical (unpaired) electrons. The van der Waals surface area contributed by atoms with E-state index in [1.807, 2.05) is 32.0 Å². The van der Waals surface area contributed by atoms with Crippen molar-refractivity contribution in [2.24, 2.45) is 0 Å². The number of hydrogen-bond donors (Lipinski definition) is 1. The van der Waals surface area contributed by atoms with Gasteiger partial charge in [-0.2, -0.15) is 0 Å². The molecular weight excluding hydrogens is 380 g/mol. The van der Waals surface area contributed by atoms with Crippen LogP contribution in [0.2, 0.25) is 0 Å². The number of thioether (sulfide) groups is 1. The Labute approximate surface area is 168 Å². The molecular formula is C20H24N2O5S. The number of nitrogens with zero attached hydrogens (tertiary/aromatic N) is 1. The van der Waals surface area contributed by atoms with Crippen LogP contribution in [0.3, 0.4) is 0 Å². The van der Waals surface area contributed by atoms with E-state index in [-0.39, 0.29) is 17.7 Å². The molecule has 28 heavy (non-hydrogen) atoms. The number of benzene rings is 2. The Bertz CT molecular complexity index is 809. The topological polar surface area (TPSA) is 90.7 Å². The molecule has 0 atom stereocenters. The molecule has 0 fully saturated rings. The molecule has 2 aromatic rings. The Hall–Kier alpha value is -2.74. The monoisotopic (exact) mass is 404 g/mol. The first-order valence-corrected chi connectivity index (χ1v) is 9.96. The van der Waals surface area contributed by atoms with Gasteiger partial charge in [0.1, 0.15) is 0 Å². The predicted octanol–water partition coefficient (Wildman–Crippen LogP) is 3.94. The van der Waals surface area contributed by atoms with Gasteiger partial charge < -0.3 is 14.8 Å². The smallest absolute Gasteiger partial charge is 0.269 e. The summed E-state index contributed by atoms with van der Waals surface area (Å²) >= 11 is 1.45. The summed E-state index contributed by atoms with van der Waals surface area (Å²) in [7, 11) is 1.58. The predicted molar refractivity (Wildman–Crippen MR) is 110 cm³/mol. The van der Waals surface area contributed by atoms with Crippen molar-refractivity contribution in [2.45, 2.75) is 32.2 Å². The van der Waals surface area contributed by atoms with E-state index in [2.05, 4.69) is 5.32 Å².